The van der Waals surface area contributed by atoms with E-state index in [-0.39, 0.29) is 23.5 Å². The fourth-order valence-electron chi connectivity index (χ4n) is 3.60. The molecule has 0 fully saturated rings. The van der Waals surface area contributed by atoms with Gasteiger partial charge in [-0.1, -0.05) is 93.7 Å². The fourth-order valence-corrected chi connectivity index (χ4v) is 3.60. The number of allylic oxidation sites excluding steroid dienone is 12. The van der Waals surface area contributed by atoms with Crippen molar-refractivity contribution < 1.29 is 14.7 Å². The Kier molecular flexibility index (Phi) is 19.2. The lowest BCUT2D eigenvalue weighted by atomic mass is 10.0. The van der Waals surface area contributed by atoms with Gasteiger partial charge in [-0.25, -0.2) is 0 Å². The van der Waals surface area contributed by atoms with Gasteiger partial charge in [-0.3, -0.25) is 9.59 Å². The number of carbonyl (C=O) groups is 2. The zero-order valence-electron chi connectivity index (χ0n) is 24.0. The molecule has 1 aromatic rings. The van der Waals surface area contributed by atoms with Gasteiger partial charge in [0.25, 0.3) is 0 Å². The second-order valence-electron chi connectivity index (χ2n) is 9.74. The van der Waals surface area contributed by atoms with Crippen LogP contribution in [0.4, 0.5) is 5.69 Å². The molecule has 39 heavy (non-hydrogen) atoms. The number of benzene rings is 1. The lowest BCUT2D eigenvalue weighted by Gasteiger charge is -2.20. The molecular weight excluding hydrogens is 484 g/mol. The molecule has 0 aliphatic carbocycles. The summed E-state index contributed by atoms with van der Waals surface area (Å²) >= 11 is 0. The van der Waals surface area contributed by atoms with Gasteiger partial charge in [0.1, 0.15) is 11.8 Å². The molecule has 0 aliphatic rings. The lowest BCUT2D eigenvalue weighted by Crippen LogP contribution is -2.44. The third kappa shape index (κ3) is 19.2. The number of phenols is 1. The van der Waals surface area contributed by atoms with E-state index in [2.05, 4.69) is 84.4 Å². The van der Waals surface area contributed by atoms with Gasteiger partial charge in [0.15, 0.2) is 0 Å². The predicted molar refractivity (Wildman–Crippen MR) is 166 cm³/mol. The molecule has 0 heterocycles. The van der Waals surface area contributed by atoms with E-state index in [4.69, 9.17) is 0 Å². The summed E-state index contributed by atoms with van der Waals surface area (Å²) < 4.78 is 0. The number of anilines is 1. The summed E-state index contributed by atoms with van der Waals surface area (Å²) in [5.74, 6) is -0.00336. The third-order valence-electron chi connectivity index (χ3n) is 5.63. The molecule has 5 heteroatoms. The van der Waals surface area contributed by atoms with Crippen LogP contribution in [0.15, 0.2) is 97.2 Å². The first kappa shape index (κ1) is 33.4. The van der Waals surface area contributed by atoms with Crippen molar-refractivity contribution >= 4 is 17.5 Å². The number of phenolic OH excluding ortho intramolecular Hbond substituents is 1. The van der Waals surface area contributed by atoms with E-state index >= 15 is 0 Å². The van der Waals surface area contributed by atoms with Crippen LogP contribution in [0.5, 0.6) is 5.75 Å². The molecule has 3 N–H and O–H groups in total. The maximum absolute atomic E-state index is 12.7. The number of nitrogens with one attached hydrogen (secondary N) is 2. The Hall–Kier alpha value is -3.60. The lowest BCUT2D eigenvalue weighted by molar-refractivity contribution is -0.126. The smallest absolute Gasteiger partial charge is 0.246 e. The summed E-state index contributed by atoms with van der Waals surface area (Å²) in [4.78, 5) is 25.1. The molecule has 0 saturated carbocycles. The highest BCUT2D eigenvalue weighted by Gasteiger charge is 2.21. The van der Waals surface area contributed by atoms with Gasteiger partial charge < -0.3 is 15.7 Å². The standard InChI is InChI=1S/C34H48N2O3/c1-4-5-6-7-8-9-10-11-12-13-14-15-16-17-18-19-20-21-22-23-33(38)36-32(28-29(2)3)34(39)35-30-24-26-31(37)27-25-30/h5-6,8-9,11-12,14-15,17-18,20-21,24-27,29,32,37H,4,7,10,13,16,19,22-23,28H2,1-3H3,(H,35,39)(H,36,38)/b6-5-,9-8-,12-11-,15-14-,18-17-,21-20-. The second-order valence-corrected chi connectivity index (χ2v) is 9.74. The number of amides is 2. The summed E-state index contributed by atoms with van der Waals surface area (Å²) in [6.45, 7) is 6.18. The van der Waals surface area contributed by atoms with E-state index in [1.807, 2.05) is 19.9 Å². The highest BCUT2D eigenvalue weighted by Crippen LogP contribution is 2.15. The zero-order chi connectivity index (χ0) is 28.6. The van der Waals surface area contributed by atoms with E-state index in [9.17, 15) is 14.7 Å². The van der Waals surface area contributed by atoms with E-state index in [0.29, 0.717) is 24.9 Å². The first-order chi connectivity index (χ1) is 18.9. The molecule has 0 saturated heterocycles. The average Bonchev–Trinajstić information content (AvgIpc) is 2.90. The molecule has 1 atom stereocenters. The van der Waals surface area contributed by atoms with Crippen molar-refractivity contribution in [1.82, 2.24) is 5.32 Å². The quantitative estimate of drug-likeness (QED) is 0.124. The highest BCUT2D eigenvalue weighted by atomic mass is 16.3. The molecule has 1 unspecified atom stereocenters. The minimum Gasteiger partial charge on any atom is -0.508 e. The van der Waals surface area contributed by atoms with Crippen molar-refractivity contribution in [3.05, 3.63) is 97.2 Å². The monoisotopic (exact) mass is 532 g/mol. The Morgan fingerprint density at radius 2 is 1.21 bits per heavy atom. The van der Waals surface area contributed by atoms with E-state index in [1.54, 1.807) is 12.1 Å². The minimum absolute atomic E-state index is 0.134. The number of carbonyl (C=O) groups excluding carboxylic acids is 2. The maximum Gasteiger partial charge on any atom is 0.246 e. The first-order valence-electron chi connectivity index (χ1n) is 14.2. The first-order valence-corrected chi connectivity index (χ1v) is 14.2. The van der Waals surface area contributed by atoms with Crippen molar-refractivity contribution in [3.8, 4) is 5.75 Å². The van der Waals surface area contributed by atoms with Crippen LogP contribution in [0.2, 0.25) is 0 Å². The third-order valence-corrected chi connectivity index (χ3v) is 5.63. The molecule has 0 bridgehead atoms. The normalized spacial score (nSPS) is 13.2. The molecule has 1 aromatic carbocycles. The maximum atomic E-state index is 12.7. The topological polar surface area (TPSA) is 78.4 Å². The molecule has 0 aromatic heterocycles. The summed E-state index contributed by atoms with van der Waals surface area (Å²) in [7, 11) is 0. The highest BCUT2D eigenvalue weighted by molar-refractivity contribution is 5.97. The Labute approximate surface area is 236 Å². The van der Waals surface area contributed by atoms with Crippen LogP contribution in [0.25, 0.3) is 0 Å². The number of rotatable bonds is 19. The van der Waals surface area contributed by atoms with Crippen LogP contribution in [0.1, 0.15) is 78.6 Å². The molecule has 212 valence electrons. The summed E-state index contributed by atoms with van der Waals surface area (Å²) in [6, 6.07) is 5.68. The number of aromatic hydroxyl groups is 1. The van der Waals surface area contributed by atoms with Crippen LogP contribution in [0.3, 0.4) is 0 Å². The Morgan fingerprint density at radius 1 is 0.744 bits per heavy atom. The second kappa shape index (κ2) is 22.4. The van der Waals surface area contributed by atoms with Gasteiger partial charge in [0, 0.05) is 12.1 Å². The van der Waals surface area contributed by atoms with E-state index in [0.717, 1.165) is 38.5 Å². The molecule has 0 aliphatic heterocycles. The van der Waals surface area contributed by atoms with Crippen LogP contribution >= 0.6 is 0 Å². The van der Waals surface area contributed by atoms with Gasteiger partial charge in [-0.05, 0) is 81.5 Å². The average molecular weight is 533 g/mol. The molecule has 1 rings (SSSR count). The van der Waals surface area contributed by atoms with Crippen LogP contribution in [-0.4, -0.2) is 23.0 Å². The molecule has 5 nitrogen and oxygen atoms in total. The van der Waals surface area contributed by atoms with Gasteiger partial charge >= 0.3 is 0 Å². The van der Waals surface area contributed by atoms with Crippen molar-refractivity contribution in [2.75, 3.05) is 5.32 Å². The Morgan fingerprint density at radius 3 is 1.67 bits per heavy atom. The van der Waals surface area contributed by atoms with Crippen molar-refractivity contribution in [3.63, 3.8) is 0 Å². The summed E-state index contributed by atoms with van der Waals surface area (Å²) in [5.41, 5.74) is 0.582. The largest absolute Gasteiger partial charge is 0.508 e. The summed E-state index contributed by atoms with van der Waals surface area (Å²) in [6.07, 6.45) is 33.2. The predicted octanol–water partition coefficient (Wildman–Crippen LogP) is 8.34. The van der Waals surface area contributed by atoms with Crippen LogP contribution < -0.4 is 10.6 Å². The zero-order valence-corrected chi connectivity index (χ0v) is 24.0. The number of hydrogen-bond acceptors (Lipinski definition) is 3. The molecule has 2 amide bonds. The van der Waals surface area contributed by atoms with E-state index in [1.165, 1.54) is 12.1 Å². The van der Waals surface area contributed by atoms with Crippen LogP contribution in [0, 0.1) is 5.92 Å². The fraction of sp³-hybridized carbons (Fsp3) is 0.412. The SMILES string of the molecule is CC/C=C\C/C=C\C/C=C\C/C=C\C/C=C\C/C=C\CCC(=O)NC(CC(C)C)C(=O)Nc1ccc(O)cc1. The Bertz CT molecular complexity index is 982. The van der Waals surface area contributed by atoms with Gasteiger partial charge in [-0.2, -0.15) is 0 Å². The number of hydrogen-bond donors (Lipinski definition) is 3. The van der Waals surface area contributed by atoms with Gasteiger partial charge in [0.2, 0.25) is 11.8 Å². The van der Waals surface area contributed by atoms with Crippen molar-refractivity contribution in [2.45, 2.75) is 84.6 Å². The van der Waals surface area contributed by atoms with Gasteiger partial charge in [0.05, 0.1) is 0 Å². The summed E-state index contributed by atoms with van der Waals surface area (Å²) in [5, 5.41) is 15.1. The van der Waals surface area contributed by atoms with E-state index < -0.39 is 6.04 Å². The molecular formula is C34H48N2O3. The van der Waals surface area contributed by atoms with Crippen LogP contribution in [-0.2, 0) is 9.59 Å². The molecule has 0 spiro atoms. The van der Waals surface area contributed by atoms with Crippen molar-refractivity contribution in [2.24, 2.45) is 5.92 Å². The molecule has 0 radical (unpaired) electrons. The van der Waals surface area contributed by atoms with Gasteiger partial charge in [-0.15, -0.1) is 0 Å². The van der Waals surface area contributed by atoms with Crippen molar-refractivity contribution in [1.29, 1.82) is 0 Å². The minimum atomic E-state index is -0.600. The Balaban J connectivity index is 2.22.